The van der Waals surface area contributed by atoms with Crippen LogP contribution in [0.5, 0.6) is 5.75 Å². The molecule has 2 atom stereocenters. The third kappa shape index (κ3) is 4.63. The van der Waals surface area contributed by atoms with Crippen LogP contribution < -0.4 is 0 Å². The van der Waals surface area contributed by atoms with Gasteiger partial charge in [-0.15, -0.1) is 0 Å². The van der Waals surface area contributed by atoms with Gasteiger partial charge in [0, 0.05) is 12.6 Å². The Labute approximate surface area is 162 Å². The number of nitro benzene ring substituents is 1. The van der Waals surface area contributed by atoms with Gasteiger partial charge in [-0.1, -0.05) is 52.0 Å². The van der Waals surface area contributed by atoms with E-state index in [0.717, 1.165) is 31.0 Å². The molecule has 1 heterocycles. The van der Waals surface area contributed by atoms with Crippen LogP contribution in [0.4, 0.5) is 5.69 Å². The molecule has 0 aromatic heterocycles. The van der Waals surface area contributed by atoms with E-state index in [1.54, 1.807) is 6.07 Å². The van der Waals surface area contributed by atoms with Crippen molar-refractivity contribution in [1.29, 1.82) is 0 Å². The largest absolute Gasteiger partial charge is 0.502 e. The summed E-state index contributed by atoms with van der Waals surface area (Å²) in [6, 6.07) is 4.87. The number of benzene rings is 1. The Bertz CT molecular complexity index is 657. The summed E-state index contributed by atoms with van der Waals surface area (Å²) in [5, 5.41) is 21.0. The van der Waals surface area contributed by atoms with Crippen molar-refractivity contribution in [3.63, 3.8) is 0 Å². The van der Waals surface area contributed by atoms with Crippen molar-refractivity contribution in [2.45, 2.75) is 70.6 Å². The highest BCUT2D eigenvalue weighted by molar-refractivity contribution is 5.49. The molecule has 5 nitrogen and oxygen atoms in total. The van der Waals surface area contributed by atoms with Crippen molar-refractivity contribution in [2.24, 2.45) is 11.8 Å². The van der Waals surface area contributed by atoms with Gasteiger partial charge in [0.25, 0.3) is 0 Å². The van der Waals surface area contributed by atoms with Gasteiger partial charge in [-0.05, 0) is 61.2 Å². The van der Waals surface area contributed by atoms with Crippen LogP contribution in [0.3, 0.4) is 0 Å². The van der Waals surface area contributed by atoms with Crippen LogP contribution in [0.15, 0.2) is 18.2 Å². The number of aromatic hydroxyl groups is 1. The van der Waals surface area contributed by atoms with E-state index in [2.05, 4.69) is 18.7 Å². The molecule has 2 aliphatic rings. The Morgan fingerprint density at radius 2 is 2.04 bits per heavy atom. The summed E-state index contributed by atoms with van der Waals surface area (Å²) in [6.45, 7) is 7.80. The summed E-state index contributed by atoms with van der Waals surface area (Å²) in [4.78, 5) is 13.0. The molecule has 0 bridgehead atoms. The molecular weight excluding hydrogens is 340 g/mol. The van der Waals surface area contributed by atoms with Gasteiger partial charge in [-0.3, -0.25) is 10.1 Å². The van der Waals surface area contributed by atoms with E-state index in [-0.39, 0.29) is 16.9 Å². The number of nitrogens with zero attached hydrogens (tertiary/aromatic N) is 2. The van der Waals surface area contributed by atoms with E-state index in [1.807, 2.05) is 6.07 Å². The van der Waals surface area contributed by atoms with Gasteiger partial charge in [-0.2, -0.15) is 0 Å². The molecule has 0 amide bonds. The second-order valence-corrected chi connectivity index (χ2v) is 8.98. The molecule has 150 valence electrons. The standard InChI is InChI=1S/C22H34N2O3/c1-17-16-23(13-6-9-18-7-4-3-5-8-18)14-12-22(17,2)19-10-11-20(24(26)27)21(25)15-19/h10-11,15,17-18,25H,3-9,12-14,16H2,1-2H3. The summed E-state index contributed by atoms with van der Waals surface area (Å²) in [7, 11) is 0. The van der Waals surface area contributed by atoms with E-state index in [1.165, 1.54) is 57.6 Å². The quantitative estimate of drug-likeness (QED) is 0.545. The van der Waals surface area contributed by atoms with Gasteiger partial charge in [0.05, 0.1) is 4.92 Å². The van der Waals surface area contributed by atoms with Crippen LogP contribution >= 0.6 is 0 Å². The Hall–Kier alpha value is -1.62. The van der Waals surface area contributed by atoms with Crippen LogP contribution in [0.25, 0.3) is 0 Å². The fourth-order valence-electron chi connectivity index (χ4n) is 5.06. The van der Waals surface area contributed by atoms with Crippen molar-refractivity contribution in [3.8, 4) is 5.75 Å². The fraction of sp³-hybridized carbons (Fsp3) is 0.727. The lowest BCUT2D eigenvalue weighted by Gasteiger charge is -2.45. The zero-order valence-corrected chi connectivity index (χ0v) is 16.8. The van der Waals surface area contributed by atoms with Gasteiger partial charge in [0.15, 0.2) is 5.75 Å². The number of piperidine rings is 1. The normalized spacial score (nSPS) is 27.6. The Morgan fingerprint density at radius 1 is 1.30 bits per heavy atom. The first kappa shape index (κ1) is 20.1. The van der Waals surface area contributed by atoms with Gasteiger partial charge in [0.1, 0.15) is 0 Å². The third-order valence-corrected chi connectivity index (χ3v) is 7.21. The molecule has 2 unspecified atom stereocenters. The number of nitro groups is 1. The molecular formula is C22H34N2O3. The molecule has 0 radical (unpaired) electrons. The molecule has 1 aromatic rings. The van der Waals surface area contributed by atoms with Crippen molar-refractivity contribution in [2.75, 3.05) is 19.6 Å². The second-order valence-electron chi connectivity index (χ2n) is 8.98. The highest BCUT2D eigenvalue weighted by atomic mass is 16.6. The lowest BCUT2D eigenvalue weighted by Crippen LogP contribution is -2.47. The first-order valence-corrected chi connectivity index (χ1v) is 10.6. The number of hydrogen-bond donors (Lipinski definition) is 1. The summed E-state index contributed by atoms with van der Waals surface area (Å²) < 4.78 is 0. The van der Waals surface area contributed by atoms with Crippen LogP contribution in [-0.4, -0.2) is 34.6 Å². The molecule has 5 heteroatoms. The predicted octanol–water partition coefficient (Wildman–Crippen LogP) is 5.26. The van der Waals surface area contributed by atoms with Crippen LogP contribution in [-0.2, 0) is 5.41 Å². The summed E-state index contributed by atoms with van der Waals surface area (Å²) in [5.74, 6) is 1.18. The molecule has 2 fully saturated rings. The van der Waals surface area contributed by atoms with Crippen LogP contribution in [0, 0.1) is 22.0 Å². The molecule has 1 aromatic carbocycles. The minimum absolute atomic E-state index is 0.0491. The number of phenolic OH excluding ortho intramolecular Hbond substituents is 1. The molecule has 1 aliphatic carbocycles. The lowest BCUT2D eigenvalue weighted by molar-refractivity contribution is -0.385. The Morgan fingerprint density at radius 3 is 2.67 bits per heavy atom. The number of hydrogen-bond acceptors (Lipinski definition) is 4. The first-order valence-electron chi connectivity index (χ1n) is 10.6. The topological polar surface area (TPSA) is 66.6 Å². The third-order valence-electron chi connectivity index (χ3n) is 7.21. The van der Waals surface area contributed by atoms with Gasteiger partial charge in [-0.25, -0.2) is 0 Å². The average Bonchev–Trinajstić information content (AvgIpc) is 2.65. The number of rotatable bonds is 6. The van der Waals surface area contributed by atoms with E-state index in [9.17, 15) is 15.2 Å². The first-order chi connectivity index (χ1) is 12.9. The Kier molecular flexibility index (Phi) is 6.40. The van der Waals surface area contributed by atoms with E-state index in [0.29, 0.717) is 5.92 Å². The van der Waals surface area contributed by atoms with Crippen molar-refractivity contribution >= 4 is 5.69 Å². The average molecular weight is 375 g/mol. The van der Waals surface area contributed by atoms with Crippen molar-refractivity contribution in [3.05, 3.63) is 33.9 Å². The van der Waals surface area contributed by atoms with E-state index < -0.39 is 4.92 Å². The minimum Gasteiger partial charge on any atom is -0.502 e. The monoisotopic (exact) mass is 374 g/mol. The maximum Gasteiger partial charge on any atom is 0.310 e. The molecule has 1 saturated heterocycles. The van der Waals surface area contributed by atoms with E-state index in [4.69, 9.17) is 0 Å². The molecule has 27 heavy (non-hydrogen) atoms. The highest BCUT2D eigenvalue weighted by Crippen LogP contribution is 2.42. The Balaban J connectivity index is 1.55. The number of likely N-dealkylation sites (tertiary alicyclic amines) is 1. The second kappa shape index (κ2) is 8.59. The maximum atomic E-state index is 11.0. The van der Waals surface area contributed by atoms with Crippen molar-refractivity contribution < 1.29 is 10.0 Å². The summed E-state index contributed by atoms with van der Waals surface area (Å²) in [6.07, 6.45) is 10.8. The van der Waals surface area contributed by atoms with Gasteiger partial charge in [0.2, 0.25) is 0 Å². The van der Waals surface area contributed by atoms with Crippen molar-refractivity contribution in [1.82, 2.24) is 4.90 Å². The summed E-state index contributed by atoms with van der Waals surface area (Å²) >= 11 is 0. The molecule has 1 aliphatic heterocycles. The smallest absolute Gasteiger partial charge is 0.310 e. The van der Waals surface area contributed by atoms with Crippen LogP contribution in [0.1, 0.15) is 70.8 Å². The SMILES string of the molecule is CC1CN(CCCC2CCCCC2)CCC1(C)c1ccc([N+](=O)[O-])c(O)c1. The zero-order valence-electron chi connectivity index (χ0n) is 16.8. The zero-order chi connectivity index (χ0) is 19.4. The molecule has 3 rings (SSSR count). The molecule has 1 saturated carbocycles. The van der Waals surface area contributed by atoms with Crippen LogP contribution in [0.2, 0.25) is 0 Å². The predicted molar refractivity (Wildman–Crippen MR) is 108 cm³/mol. The summed E-state index contributed by atoms with van der Waals surface area (Å²) in [5.41, 5.74) is 0.752. The van der Waals surface area contributed by atoms with Gasteiger partial charge >= 0.3 is 5.69 Å². The molecule has 1 N–H and O–H groups in total. The number of phenols is 1. The minimum atomic E-state index is -0.528. The maximum absolute atomic E-state index is 11.0. The molecule has 0 spiro atoms. The lowest BCUT2D eigenvalue weighted by atomic mass is 9.68. The highest BCUT2D eigenvalue weighted by Gasteiger charge is 2.38. The fourth-order valence-corrected chi connectivity index (χ4v) is 5.06. The van der Waals surface area contributed by atoms with E-state index >= 15 is 0 Å². The van der Waals surface area contributed by atoms with Gasteiger partial charge < -0.3 is 10.0 Å².